The number of hydrogen-bond acceptors (Lipinski definition) is 7. The third-order valence-corrected chi connectivity index (χ3v) is 2.90. The van der Waals surface area contributed by atoms with Crippen LogP contribution in [0, 0.1) is 0 Å². The van der Waals surface area contributed by atoms with Crippen LogP contribution in [-0.2, 0) is 0 Å². The first-order chi connectivity index (χ1) is 8.93. The Morgan fingerprint density at radius 1 is 1.11 bits per heavy atom. The first-order valence-electron chi connectivity index (χ1n) is 5.44. The highest BCUT2D eigenvalue weighted by molar-refractivity contribution is 5.73. The summed E-state index contributed by atoms with van der Waals surface area (Å²) >= 11 is 0. The fraction of sp³-hybridized carbons (Fsp3) is 0.100. The van der Waals surface area contributed by atoms with Gasteiger partial charge in [0.1, 0.15) is 0 Å². The van der Waals surface area contributed by atoms with E-state index < -0.39 is 0 Å². The van der Waals surface area contributed by atoms with Crippen molar-refractivity contribution < 1.29 is 0 Å². The number of aromatic amines is 1. The summed E-state index contributed by atoms with van der Waals surface area (Å²) in [5.74, 6) is 0.398. The normalized spacial score (nSPS) is 20.1. The fourth-order valence-electron chi connectivity index (χ4n) is 2.09. The van der Waals surface area contributed by atoms with E-state index in [9.17, 15) is 0 Å². The predicted molar refractivity (Wildman–Crippen MR) is 63.3 cm³/mol. The molecule has 1 unspecified atom stereocenters. The Kier molecular flexibility index (Phi) is 1.73. The van der Waals surface area contributed by atoms with Crippen molar-refractivity contribution in [3.8, 4) is 0 Å². The lowest BCUT2D eigenvalue weighted by molar-refractivity contribution is 0.737. The van der Waals surface area contributed by atoms with E-state index in [1.165, 1.54) is 0 Å². The average molecular weight is 240 g/mol. The molecule has 0 radical (unpaired) electrons. The van der Waals surface area contributed by atoms with Crippen molar-refractivity contribution in [1.29, 1.82) is 0 Å². The number of fused-ring (bicyclic) bond motifs is 3. The van der Waals surface area contributed by atoms with Gasteiger partial charge in [0.2, 0.25) is 0 Å². The second kappa shape index (κ2) is 3.36. The van der Waals surface area contributed by atoms with Crippen molar-refractivity contribution in [2.24, 2.45) is 10.4 Å². The topological polar surface area (TPSA) is 85.7 Å². The maximum absolute atomic E-state index is 4.15. The van der Waals surface area contributed by atoms with Gasteiger partial charge in [0, 0.05) is 0 Å². The number of hydrogen-bond donors (Lipinski definition) is 1. The molecule has 2 aliphatic heterocycles. The molecule has 1 N–H and O–H groups in total. The van der Waals surface area contributed by atoms with Crippen molar-refractivity contribution in [2.75, 3.05) is 10.0 Å². The first kappa shape index (κ1) is 9.28. The summed E-state index contributed by atoms with van der Waals surface area (Å²) in [6, 6.07) is 8.01. The van der Waals surface area contributed by atoms with Gasteiger partial charge in [-0.3, -0.25) is 0 Å². The minimum absolute atomic E-state index is 0.141. The van der Waals surface area contributed by atoms with E-state index in [4.69, 9.17) is 0 Å². The Balaban J connectivity index is 1.77. The zero-order valence-corrected chi connectivity index (χ0v) is 9.17. The minimum Gasteiger partial charge on any atom is -0.216 e. The van der Waals surface area contributed by atoms with Gasteiger partial charge in [-0.25, -0.2) is 5.01 Å². The molecule has 0 bridgehead atoms. The van der Waals surface area contributed by atoms with Gasteiger partial charge in [-0.15, -0.1) is 5.10 Å². The lowest BCUT2D eigenvalue weighted by atomic mass is 10.1. The van der Waals surface area contributed by atoms with E-state index in [0.29, 0.717) is 5.95 Å². The Morgan fingerprint density at radius 2 is 2.00 bits per heavy atom. The number of H-pyrrole nitrogens is 1. The van der Waals surface area contributed by atoms with Crippen LogP contribution in [0.4, 0.5) is 11.6 Å². The second-order valence-corrected chi connectivity index (χ2v) is 3.91. The Morgan fingerprint density at radius 3 is 2.89 bits per heavy atom. The van der Waals surface area contributed by atoms with Crippen molar-refractivity contribution in [2.45, 2.75) is 6.17 Å². The molecule has 8 nitrogen and oxygen atoms in total. The summed E-state index contributed by atoms with van der Waals surface area (Å²) in [5.41, 5.74) is 2.13. The van der Waals surface area contributed by atoms with Crippen LogP contribution in [0.2, 0.25) is 0 Å². The van der Waals surface area contributed by atoms with Crippen LogP contribution < -0.4 is 10.0 Å². The number of para-hydroxylation sites is 1. The zero-order chi connectivity index (χ0) is 11.9. The van der Waals surface area contributed by atoms with Crippen molar-refractivity contribution in [3.05, 3.63) is 35.9 Å². The van der Waals surface area contributed by atoms with Gasteiger partial charge >= 0.3 is 0 Å². The van der Waals surface area contributed by atoms with Crippen LogP contribution in [-0.4, -0.2) is 26.8 Å². The van der Waals surface area contributed by atoms with E-state index in [1.807, 2.05) is 41.4 Å². The molecule has 88 valence electrons. The van der Waals surface area contributed by atoms with E-state index in [2.05, 4.69) is 31.1 Å². The van der Waals surface area contributed by atoms with Crippen molar-refractivity contribution in [1.82, 2.24) is 20.6 Å². The molecular formula is C10H8N8. The standard InChI is InChI=1S/C10H8N8/c1-2-4-8-7(3-1)5-6-9-17(8)15-16-18(9)10-11-13-14-12-10/h1-6,9H,(H,11,12,13,14). The van der Waals surface area contributed by atoms with Gasteiger partial charge < -0.3 is 0 Å². The fourth-order valence-corrected chi connectivity index (χ4v) is 2.09. The molecule has 2 aliphatic rings. The van der Waals surface area contributed by atoms with Crippen LogP contribution in [0.1, 0.15) is 5.56 Å². The largest absolute Gasteiger partial charge is 0.289 e. The summed E-state index contributed by atoms with van der Waals surface area (Å²) in [6.45, 7) is 0. The van der Waals surface area contributed by atoms with Crippen molar-refractivity contribution in [3.63, 3.8) is 0 Å². The molecule has 0 saturated heterocycles. The molecule has 0 amide bonds. The molecule has 1 aromatic carbocycles. The van der Waals surface area contributed by atoms with Gasteiger partial charge in [-0.05, 0) is 33.4 Å². The third kappa shape index (κ3) is 1.16. The number of anilines is 2. The van der Waals surface area contributed by atoms with Crippen LogP contribution >= 0.6 is 0 Å². The molecule has 8 heteroatoms. The van der Waals surface area contributed by atoms with Gasteiger partial charge in [0.15, 0.2) is 6.17 Å². The van der Waals surface area contributed by atoms with E-state index in [-0.39, 0.29) is 6.17 Å². The van der Waals surface area contributed by atoms with Gasteiger partial charge in [-0.1, -0.05) is 29.4 Å². The maximum atomic E-state index is 4.15. The molecule has 1 aromatic heterocycles. The van der Waals surface area contributed by atoms with E-state index in [1.54, 1.807) is 5.01 Å². The van der Waals surface area contributed by atoms with E-state index >= 15 is 0 Å². The van der Waals surface area contributed by atoms with Gasteiger partial charge in [0.25, 0.3) is 5.95 Å². The number of nitrogens with one attached hydrogen (secondary N) is 1. The first-order valence-corrected chi connectivity index (χ1v) is 5.44. The highest BCUT2D eigenvalue weighted by atomic mass is 15.8. The number of benzene rings is 1. The molecule has 4 rings (SSSR count). The third-order valence-electron chi connectivity index (χ3n) is 2.90. The number of tetrazole rings is 1. The predicted octanol–water partition coefficient (Wildman–Crippen LogP) is 1.16. The summed E-state index contributed by atoms with van der Waals surface area (Å²) < 4.78 is 0. The highest BCUT2D eigenvalue weighted by Gasteiger charge is 2.35. The molecule has 0 saturated carbocycles. The summed E-state index contributed by atoms with van der Waals surface area (Å²) in [7, 11) is 0. The van der Waals surface area contributed by atoms with Crippen LogP contribution in [0.25, 0.3) is 6.08 Å². The lowest BCUT2D eigenvalue weighted by Crippen LogP contribution is -2.39. The number of rotatable bonds is 1. The minimum atomic E-state index is -0.141. The Hall–Kier alpha value is -2.77. The molecule has 0 spiro atoms. The van der Waals surface area contributed by atoms with Crippen molar-refractivity contribution >= 4 is 17.7 Å². The second-order valence-electron chi connectivity index (χ2n) is 3.91. The molecule has 2 aromatic rings. The summed E-state index contributed by atoms with van der Waals surface area (Å²) in [6.07, 6.45) is 3.90. The highest BCUT2D eigenvalue weighted by Crippen LogP contribution is 2.34. The van der Waals surface area contributed by atoms with Gasteiger partial charge in [-0.2, -0.15) is 10.2 Å². The molecule has 0 fully saturated rings. The Bertz CT molecular complexity index is 631. The molecular weight excluding hydrogens is 232 g/mol. The molecule has 18 heavy (non-hydrogen) atoms. The monoisotopic (exact) mass is 240 g/mol. The zero-order valence-electron chi connectivity index (χ0n) is 9.17. The Labute approximate surface area is 102 Å². The number of nitrogens with zero attached hydrogens (tertiary/aromatic N) is 7. The lowest BCUT2D eigenvalue weighted by Gasteiger charge is -2.27. The van der Waals surface area contributed by atoms with Crippen LogP contribution in [0.5, 0.6) is 0 Å². The smallest absolute Gasteiger partial charge is 0.216 e. The quantitative estimate of drug-likeness (QED) is 0.808. The summed E-state index contributed by atoms with van der Waals surface area (Å²) in [4.78, 5) is 0. The number of aromatic nitrogens is 4. The van der Waals surface area contributed by atoms with Crippen LogP contribution in [0.3, 0.4) is 0 Å². The molecule has 0 aliphatic carbocycles. The summed E-state index contributed by atoms with van der Waals surface area (Å²) in [5, 5.41) is 25.4. The maximum Gasteiger partial charge on any atom is 0.289 e. The van der Waals surface area contributed by atoms with Crippen LogP contribution in [0.15, 0.2) is 40.8 Å². The SMILES string of the molecule is C1=CC2N(c3nn[nH]n3)N=NN2c2ccccc21. The average Bonchev–Trinajstić information content (AvgIpc) is 3.07. The molecule has 1 atom stereocenters. The van der Waals surface area contributed by atoms with Gasteiger partial charge in [0.05, 0.1) is 5.69 Å². The van der Waals surface area contributed by atoms with E-state index in [0.717, 1.165) is 11.3 Å². The molecule has 3 heterocycles.